The van der Waals surface area contributed by atoms with Gasteiger partial charge in [-0.05, 0) is 24.6 Å². The van der Waals surface area contributed by atoms with Crippen LogP contribution in [-0.4, -0.2) is 30.2 Å². The quantitative estimate of drug-likeness (QED) is 0.938. The summed E-state index contributed by atoms with van der Waals surface area (Å²) in [5.41, 5.74) is 1.59. The van der Waals surface area contributed by atoms with Crippen LogP contribution in [-0.2, 0) is 10.0 Å². The van der Waals surface area contributed by atoms with Gasteiger partial charge in [-0.25, -0.2) is 12.8 Å². The third-order valence-corrected chi connectivity index (χ3v) is 6.01. The van der Waals surface area contributed by atoms with Crippen LogP contribution in [0.5, 0.6) is 0 Å². The number of hydrogen-bond donors (Lipinski definition) is 1. The first-order valence-electron chi connectivity index (χ1n) is 7.38. The fourth-order valence-electron chi connectivity index (χ4n) is 2.88. The standard InChI is InChI=1S/C17H18FNO3S/c1-12-7-9-14(10-8-12)23(21,22)19-16(11-15(18)17(19)20)13-5-3-2-4-6-13/h2-10,15-17,20H,11H2,1H3/t15-,16+,17+/m1/s1. The zero-order valence-electron chi connectivity index (χ0n) is 12.6. The van der Waals surface area contributed by atoms with E-state index in [1.807, 2.05) is 6.92 Å². The minimum absolute atomic E-state index is 0.0529. The van der Waals surface area contributed by atoms with Gasteiger partial charge in [0.15, 0.2) is 6.23 Å². The van der Waals surface area contributed by atoms with Crippen molar-refractivity contribution in [2.45, 2.75) is 36.7 Å². The largest absolute Gasteiger partial charge is 0.374 e. The van der Waals surface area contributed by atoms with E-state index in [-0.39, 0.29) is 11.3 Å². The van der Waals surface area contributed by atoms with Crippen molar-refractivity contribution in [3.63, 3.8) is 0 Å². The smallest absolute Gasteiger partial charge is 0.245 e. The van der Waals surface area contributed by atoms with Gasteiger partial charge >= 0.3 is 0 Å². The number of nitrogens with zero attached hydrogens (tertiary/aromatic N) is 1. The number of hydrogen-bond acceptors (Lipinski definition) is 3. The van der Waals surface area contributed by atoms with E-state index in [2.05, 4.69) is 0 Å². The Morgan fingerprint density at radius 2 is 1.70 bits per heavy atom. The molecular weight excluding hydrogens is 317 g/mol. The first kappa shape index (κ1) is 16.1. The average molecular weight is 335 g/mol. The molecule has 1 fully saturated rings. The molecule has 0 aliphatic carbocycles. The van der Waals surface area contributed by atoms with Gasteiger partial charge in [0.05, 0.1) is 10.9 Å². The predicted octanol–water partition coefficient (Wildman–Crippen LogP) is 2.79. The lowest BCUT2D eigenvalue weighted by atomic mass is 10.1. The van der Waals surface area contributed by atoms with Crippen molar-refractivity contribution in [2.75, 3.05) is 0 Å². The van der Waals surface area contributed by atoms with Crippen LogP contribution in [0.25, 0.3) is 0 Å². The summed E-state index contributed by atoms with van der Waals surface area (Å²) in [6.07, 6.45) is -3.34. The van der Waals surface area contributed by atoms with Crippen molar-refractivity contribution < 1.29 is 17.9 Å². The van der Waals surface area contributed by atoms with Gasteiger partial charge in [-0.15, -0.1) is 0 Å². The summed E-state index contributed by atoms with van der Waals surface area (Å²) < 4.78 is 40.7. The molecule has 1 N–H and O–H groups in total. The lowest BCUT2D eigenvalue weighted by molar-refractivity contribution is 0.0317. The minimum Gasteiger partial charge on any atom is -0.374 e. The Kier molecular flexibility index (Phi) is 4.23. The molecular formula is C17H18FNO3S. The molecule has 3 rings (SSSR count). The van der Waals surface area contributed by atoms with Crippen LogP contribution in [0.3, 0.4) is 0 Å². The van der Waals surface area contributed by atoms with Gasteiger partial charge in [0.1, 0.15) is 6.17 Å². The van der Waals surface area contributed by atoms with E-state index in [9.17, 15) is 17.9 Å². The molecule has 0 bridgehead atoms. The van der Waals surface area contributed by atoms with Gasteiger partial charge < -0.3 is 5.11 Å². The Bertz CT molecular complexity index is 777. The molecule has 0 spiro atoms. The summed E-state index contributed by atoms with van der Waals surface area (Å²) in [5.74, 6) is 0. The summed E-state index contributed by atoms with van der Waals surface area (Å²) >= 11 is 0. The van der Waals surface area contributed by atoms with Crippen molar-refractivity contribution in [3.8, 4) is 0 Å². The molecule has 4 nitrogen and oxygen atoms in total. The highest BCUT2D eigenvalue weighted by Crippen LogP contribution is 2.40. The van der Waals surface area contributed by atoms with E-state index in [0.29, 0.717) is 5.56 Å². The Labute approximate surface area is 135 Å². The highest BCUT2D eigenvalue weighted by Gasteiger charge is 2.48. The van der Waals surface area contributed by atoms with Crippen LogP contribution in [0, 0.1) is 6.92 Å². The molecule has 6 heteroatoms. The number of rotatable bonds is 3. The Morgan fingerprint density at radius 3 is 2.30 bits per heavy atom. The highest BCUT2D eigenvalue weighted by molar-refractivity contribution is 7.89. The third-order valence-electron chi connectivity index (χ3n) is 4.12. The van der Waals surface area contributed by atoms with Crippen LogP contribution in [0.1, 0.15) is 23.6 Å². The van der Waals surface area contributed by atoms with Crippen LogP contribution in [0.4, 0.5) is 4.39 Å². The summed E-state index contributed by atoms with van der Waals surface area (Å²) in [6, 6.07) is 14.4. The lowest BCUT2D eigenvalue weighted by Crippen LogP contribution is -2.39. The van der Waals surface area contributed by atoms with Crippen molar-refractivity contribution in [3.05, 3.63) is 65.7 Å². The van der Waals surface area contributed by atoms with Gasteiger partial charge in [0.2, 0.25) is 10.0 Å². The molecule has 1 aliphatic rings. The molecule has 2 aromatic rings. The molecule has 1 saturated heterocycles. The van der Waals surface area contributed by atoms with Crippen LogP contribution < -0.4 is 0 Å². The molecule has 1 aliphatic heterocycles. The number of aryl methyl sites for hydroxylation is 1. The van der Waals surface area contributed by atoms with Crippen LogP contribution in [0.15, 0.2) is 59.5 Å². The topological polar surface area (TPSA) is 57.6 Å². The first-order valence-corrected chi connectivity index (χ1v) is 8.82. The Balaban J connectivity index is 2.05. The average Bonchev–Trinajstić information content (AvgIpc) is 2.85. The highest BCUT2D eigenvalue weighted by atomic mass is 32.2. The summed E-state index contributed by atoms with van der Waals surface area (Å²) in [4.78, 5) is 0.0529. The minimum atomic E-state index is -3.99. The zero-order chi connectivity index (χ0) is 16.6. The number of alkyl halides is 1. The Morgan fingerprint density at radius 1 is 1.09 bits per heavy atom. The van der Waals surface area contributed by atoms with E-state index in [4.69, 9.17) is 0 Å². The third kappa shape index (κ3) is 2.89. The summed E-state index contributed by atoms with van der Waals surface area (Å²) in [7, 11) is -3.99. The van der Waals surface area contributed by atoms with Gasteiger partial charge in [-0.3, -0.25) is 0 Å². The van der Waals surface area contributed by atoms with Gasteiger partial charge in [0, 0.05) is 6.42 Å². The molecule has 2 aromatic carbocycles. The molecule has 0 saturated carbocycles. The van der Waals surface area contributed by atoms with E-state index >= 15 is 0 Å². The lowest BCUT2D eigenvalue weighted by Gasteiger charge is -2.26. The maximum Gasteiger partial charge on any atom is 0.245 e. The maximum atomic E-state index is 14.1. The molecule has 0 unspecified atom stereocenters. The molecule has 0 radical (unpaired) electrons. The van der Waals surface area contributed by atoms with Crippen molar-refractivity contribution in [1.29, 1.82) is 0 Å². The predicted molar refractivity (Wildman–Crippen MR) is 84.9 cm³/mol. The number of halogens is 1. The van der Waals surface area contributed by atoms with E-state index < -0.39 is 28.5 Å². The molecule has 0 amide bonds. The second kappa shape index (κ2) is 6.03. The molecule has 122 valence electrons. The SMILES string of the molecule is Cc1ccc(S(=O)(=O)N2[C@H](c3ccccc3)C[C@@H](F)[C@@H]2O)cc1. The summed E-state index contributed by atoms with van der Waals surface area (Å²) in [6.45, 7) is 1.85. The fraction of sp³-hybridized carbons (Fsp3) is 0.294. The molecule has 23 heavy (non-hydrogen) atoms. The number of aliphatic hydroxyl groups is 1. The summed E-state index contributed by atoms with van der Waals surface area (Å²) in [5, 5.41) is 10.1. The molecule has 1 heterocycles. The van der Waals surface area contributed by atoms with Gasteiger partial charge in [-0.1, -0.05) is 48.0 Å². The van der Waals surface area contributed by atoms with Crippen LogP contribution in [0.2, 0.25) is 0 Å². The monoisotopic (exact) mass is 335 g/mol. The molecule has 0 aromatic heterocycles. The number of benzene rings is 2. The van der Waals surface area contributed by atoms with Gasteiger partial charge in [-0.2, -0.15) is 4.31 Å². The zero-order valence-corrected chi connectivity index (χ0v) is 13.4. The van der Waals surface area contributed by atoms with E-state index in [1.54, 1.807) is 42.5 Å². The molecule has 3 atom stereocenters. The second-order valence-electron chi connectivity index (χ2n) is 5.74. The first-order chi connectivity index (χ1) is 10.9. The maximum absolute atomic E-state index is 14.1. The number of aliphatic hydroxyl groups excluding tert-OH is 1. The van der Waals surface area contributed by atoms with Crippen molar-refractivity contribution >= 4 is 10.0 Å². The van der Waals surface area contributed by atoms with E-state index in [1.165, 1.54) is 12.1 Å². The number of sulfonamides is 1. The van der Waals surface area contributed by atoms with Crippen LogP contribution >= 0.6 is 0 Å². The second-order valence-corrected chi connectivity index (χ2v) is 7.58. The van der Waals surface area contributed by atoms with E-state index in [0.717, 1.165) is 9.87 Å². The normalized spacial score (nSPS) is 25.6. The van der Waals surface area contributed by atoms with Gasteiger partial charge in [0.25, 0.3) is 0 Å². The Hall–Kier alpha value is -1.76. The van der Waals surface area contributed by atoms with Crippen molar-refractivity contribution in [1.82, 2.24) is 4.31 Å². The fourth-order valence-corrected chi connectivity index (χ4v) is 4.57. The van der Waals surface area contributed by atoms with Crippen molar-refractivity contribution in [2.24, 2.45) is 0 Å².